The molecule has 0 aliphatic carbocycles. The van der Waals surface area contributed by atoms with E-state index in [0.29, 0.717) is 0 Å². The highest BCUT2D eigenvalue weighted by Crippen LogP contribution is 2.19. The number of carbonyl (C=O) groups excluding carboxylic acids is 1. The van der Waals surface area contributed by atoms with Gasteiger partial charge >= 0.3 is 0 Å². The Morgan fingerprint density at radius 3 is 2.48 bits per heavy atom. The number of rotatable bonds is 8. The van der Waals surface area contributed by atoms with Crippen LogP contribution in [0.2, 0.25) is 0 Å². The first-order chi connectivity index (χ1) is 13.1. The van der Waals surface area contributed by atoms with Gasteiger partial charge in [-0.1, -0.05) is 12.1 Å². The maximum absolute atomic E-state index is 12.8. The molecule has 2 heterocycles. The molecule has 27 heavy (non-hydrogen) atoms. The van der Waals surface area contributed by atoms with Gasteiger partial charge in [-0.2, -0.15) is 16.9 Å². The van der Waals surface area contributed by atoms with Gasteiger partial charge in [0.2, 0.25) is 5.91 Å². The Labute approximate surface area is 164 Å². The van der Waals surface area contributed by atoms with Gasteiger partial charge in [0.1, 0.15) is 6.04 Å². The van der Waals surface area contributed by atoms with Crippen LogP contribution in [0.3, 0.4) is 0 Å². The molecule has 142 valence electrons. The Hall–Kier alpha value is -2.47. The summed E-state index contributed by atoms with van der Waals surface area (Å²) in [6.07, 6.45) is 6.76. The summed E-state index contributed by atoms with van der Waals surface area (Å²) in [5.41, 5.74) is 4.15. The smallest absolute Gasteiger partial charge is 0.247 e. The van der Waals surface area contributed by atoms with Crippen molar-refractivity contribution >= 4 is 23.4 Å². The monoisotopic (exact) mass is 382 g/mol. The Morgan fingerprint density at radius 1 is 1.19 bits per heavy atom. The number of carbonyl (C=O) groups is 1. The van der Waals surface area contributed by atoms with Crippen molar-refractivity contribution in [1.82, 2.24) is 14.3 Å². The summed E-state index contributed by atoms with van der Waals surface area (Å²) in [6.45, 7) is 4.79. The highest BCUT2D eigenvalue weighted by atomic mass is 32.2. The number of hydrogen-bond acceptors (Lipinski definition) is 3. The van der Waals surface area contributed by atoms with Gasteiger partial charge in [0, 0.05) is 23.8 Å². The minimum Gasteiger partial charge on any atom is -0.342 e. The lowest BCUT2D eigenvalue weighted by Gasteiger charge is -2.18. The SMILES string of the molecule is CSCC[C@H](C(=O)Nc1ccc(Cn2nc(C)cc2C)cc1)n1cccc1. The Kier molecular flexibility index (Phi) is 6.40. The highest BCUT2D eigenvalue weighted by Gasteiger charge is 2.19. The summed E-state index contributed by atoms with van der Waals surface area (Å²) in [5, 5.41) is 7.55. The van der Waals surface area contributed by atoms with E-state index in [-0.39, 0.29) is 11.9 Å². The minimum atomic E-state index is -0.193. The first kappa shape index (κ1) is 19.3. The van der Waals surface area contributed by atoms with Crippen molar-refractivity contribution in [1.29, 1.82) is 0 Å². The van der Waals surface area contributed by atoms with E-state index in [0.717, 1.165) is 41.4 Å². The predicted molar refractivity (Wildman–Crippen MR) is 112 cm³/mol. The van der Waals surface area contributed by atoms with Crippen LogP contribution in [-0.4, -0.2) is 32.3 Å². The lowest BCUT2D eigenvalue weighted by molar-refractivity contribution is -0.119. The van der Waals surface area contributed by atoms with E-state index >= 15 is 0 Å². The third-order valence-electron chi connectivity index (χ3n) is 4.54. The lowest BCUT2D eigenvalue weighted by Crippen LogP contribution is -2.25. The van der Waals surface area contributed by atoms with Crippen molar-refractivity contribution in [3.05, 3.63) is 71.8 Å². The second-order valence-electron chi connectivity index (χ2n) is 6.70. The maximum Gasteiger partial charge on any atom is 0.247 e. The molecule has 0 fully saturated rings. The molecule has 0 bridgehead atoms. The van der Waals surface area contributed by atoms with E-state index in [4.69, 9.17) is 0 Å². The van der Waals surface area contributed by atoms with Crippen LogP contribution in [0.5, 0.6) is 0 Å². The molecule has 5 nitrogen and oxygen atoms in total. The second-order valence-corrected chi connectivity index (χ2v) is 7.68. The first-order valence-corrected chi connectivity index (χ1v) is 10.5. The van der Waals surface area contributed by atoms with Gasteiger partial charge in [-0.3, -0.25) is 9.48 Å². The fourth-order valence-electron chi connectivity index (χ4n) is 3.13. The van der Waals surface area contributed by atoms with Crippen LogP contribution in [0.4, 0.5) is 5.69 Å². The number of amides is 1. The van der Waals surface area contributed by atoms with Gasteiger partial charge in [-0.25, -0.2) is 0 Å². The Morgan fingerprint density at radius 2 is 1.89 bits per heavy atom. The highest BCUT2D eigenvalue weighted by molar-refractivity contribution is 7.98. The summed E-state index contributed by atoms with van der Waals surface area (Å²) in [5.74, 6) is 0.962. The van der Waals surface area contributed by atoms with Gasteiger partial charge in [0.25, 0.3) is 0 Å². The van der Waals surface area contributed by atoms with Gasteiger partial charge in [-0.15, -0.1) is 0 Å². The van der Waals surface area contributed by atoms with Gasteiger partial charge < -0.3 is 9.88 Å². The molecule has 2 aromatic heterocycles. The van der Waals surface area contributed by atoms with Crippen molar-refractivity contribution in [2.45, 2.75) is 32.9 Å². The standard InChI is InChI=1S/C21H26N4OS/c1-16-14-17(2)25(23-16)15-18-6-8-19(9-7-18)22-21(26)20(10-13-27-3)24-11-4-5-12-24/h4-9,11-12,14,20H,10,13,15H2,1-3H3,(H,22,26)/t20-/m1/s1. The number of anilines is 1. The van der Waals surface area contributed by atoms with Crippen molar-refractivity contribution in [2.75, 3.05) is 17.3 Å². The van der Waals surface area contributed by atoms with E-state index in [2.05, 4.69) is 29.7 Å². The van der Waals surface area contributed by atoms with Gasteiger partial charge in [-0.05, 0) is 68.2 Å². The predicted octanol–water partition coefficient (Wildman–Crippen LogP) is 4.28. The number of nitrogens with one attached hydrogen (secondary N) is 1. The van der Waals surface area contributed by atoms with E-state index in [1.807, 2.05) is 65.0 Å². The molecule has 0 aliphatic rings. The minimum absolute atomic E-state index is 0.0199. The normalized spacial score (nSPS) is 12.1. The van der Waals surface area contributed by atoms with E-state index in [9.17, 15) is 4.79 Å². The summed E-state index contributed by atoms with van der Waals surface area (Å²) >= 11 is 1.76. The number of hydrogen-bond donors (Lipinski definition) is 1. The fraction of sp³-hybridized carbons (Fsp3) is 0.333. The second kappa shape index (κ2) is 8.95. The third kappa shape index (κ3) is 5.04. The molecule has 0 radical (unpaired) electrons. The largest absolute Gasteiger partial charge is 0.342 e. The van der Waals surface area contributed by atoms with Crippen LogP contribution in [0.25, 0.3) is 0 Å². The summed E-state index contributed by atoms with van der Waals surface area (Å²) < 4.78 is 3.97. The number of aryl methyl sites for hydroxylation is 2. The van der Waals surface area contributed by atoms with Gasteiger partial charge in [0.05, 0.1) is 12.2 Å². The van der Waals surface area contributed by atoms with Gasteiger partial charge in [0.15, 0.2) is 0 Å². The molecule has 0 unspecified atom stereocenters. The number of thioether (sulfide) groups is 1. The van der Waals surface area contributed by atoms with E-state index in [1.165, 1.54) is 0 Å². The summed E-state index contributed by atoms with van der Waals surface area (Å²) in [4.78, 5) is 12.8. The Balaban J connectivity index is 1.66. The summed E-state index contributed by atoms with van der Waals surface area (Å²) in [6, 6.07) is 13.8. The van der Waals surface area contributed by atoms with Crippen LogP contribution in [0.1, 0.15) is 29.4 Å². The molecule has 1 atom stereocenters. The van der Waals surface area contributed by atoms with Crippen molar-refractivity contribution < 1.29 is 4.79 Å². The zero-order valence-electron chi connectivity index (χ0n) is 16.1. The summed E-state index contributed by atoms with van der Waals surface area (Å²) in [7, 11) is 0. The molecule has 3 aromatic rings. The average molecular weight is 383 g/mol. The zero-order valence-corrected chi connectivity index (χ0v) is 16.9. The molecule has 0 saturated heterocycles. The first-order valence-electron chi connectivity index (χ1n) is 9.09. The van der Waals surface area contributed by atoms with Crippen LogP contribution < -0.4 is 5.32 Å². The number of aromatic nitrogens is 3. The fourth-order valence-corrected chi connectivity index (χ4v) is 3.59. The number of nitrogens with zero attached hydrogens (tertiary/aromatic N) is 3. The quantitative estimate of drug-likeness (QED) is 0.632. The molecule has 0 spiro atoms. The van der Waals surface area contributed by atoms with E-state index < -0.39 is 0 Å². The van der Waals surface area contributed by atoms with Crippen LogP contribution in [0.15, 0.2) is 54.9 Å². The topological polar surface area (TPSA) is 51.9 Å². The molecule has 3 rings (SSSR count). The third-order valence-corrected chi connectivity index (χ3v) is 5.19. The van der Waals surface area contributed by atoms with Crippen LogP contribution in [0, 0.1) is 13.8 Å². The molecule has 0 saturated carbocycles. The maximum atomic E-state index is 12.8. The van der Waals surface area contributed by atoms with Crippen molar-refractivity contribution in [3.8, 4) is 0 Å². The molecule has 1 N–H and O–H groups in total. The van der Waals surface area contributed by atoms with Crippen LogP contribution >= 0.6 is 11.8 Å². The molecule has 0 aliphatic heterocycles. The van der Waals surface area contributed by atoms with E-state index in [1.54, 1.807) is 11.8 Å². The zero-order chi connectivity index (χ0) is 19.2. The molecular weight excluding hydrogens is 356 g/mol. The molecule has 1 amide bonds. The van der Waals surface area contributed by atoms with Crippen molar-refractivity contribution in [3.63, 3.8) is 0 Å². The number of benzene rings is 1. The van der Waals surface area contributed by atoms with Crippen LogP contribution in [-0.2, 0) is 11.3 Å². The van der Waals surface area contributed by atoms with Crippen molar-refractivity contribution in [2.24, 2.45) is 0 Å². The average Bonchev–Trinajstić information content (AvgIpc) is 3.27. The molecule has 6 heteroatoms. The lowest BCUT2D eigenvalue weighted by atomic mass is 10.1. The molecular formula is C21H26N4OS. The Bertz CT molecular complexity index is 868. The molecule has 1 aromatic carbocycles.